The first-order valence-electron chi connectivity index (χ1n) is 8.50. The monoisotopic (exact) mass is 358 g/mol. The first-order chi connectivity index (χ1) is 12.4. The van der Waals surface area contributed by atoms with Crippen LogP contribution in [0.2, 0.25) is 0 Å². The molecular weight excluding hydrogens is 335 g/mol. The van der Waals surface area contributed by atoms with Gasteiger partial charge in [-0.1, -0.05) is 18.2 Å². The fraction of sp³-hybridized carbons (Fsp3) is 0.300. The van der Waals surface area contributed by atoms with E-state index >= 15 is 0 Å². The summed E-state index contributed by atoms with van der Waals surface area (Å²) in [6.07, 6.45) is 0.155. The Bertz CT molecular complexity index is 745. The van der Waals surface area contributed by atoms with Gasteiger partial charge in [-0.05, 0) is 56.2 Å². The molecule has 0 unspecified atom stereocenters. The number of benzene rings is 2. The van der Waals surface area contributed by atoms with Crippen molar-refractivity contribution < 1.29 is 18.7 Å². The third-order valence-corrected chi connectivity index (χ3v) is 3.51. The summed E-state index contributed by atoms with van der Waals surface area (Å²) in [4.78, 5) is 23.7. The molecule has 0 saturated carbocycles. The molecule has 0 fully saturated rings. The van der Waals surface area contributed by atoms with Crippen LogP contribution in [-0.2, 0) is 16.0 Å². The van der Waals surface area contributed by atoms with Gasteiger partial charge in [0.15, 0.2) is 0 Å². The van der Waals surface area contributed by atoms with Crippen LogP contribution in [-0.4, -0.2) is 24.5 Å². The molecular formula is C20H23FN2O3. The second-order valence-corrected chi connectivity index (χ2v) is 6.11. The van der Waals surface area contributed by atoms with Gasteiger partial charge in [0.1, 0.15) is 18.0 Å². The molecule has 0 aromatic heterocycles. The maximum Gasteiger partial charge on any atom is 0.233 e. The molecule has 0 radical (unpaired) electrons. The average Bonchev–Trinajstić information content (AvgIpc) is 2.58. The standard InChI is InChI=1S/C20H23FN2O3/c1-14(2)26-17-9-7-16(8-10-17)23-20(25)13-19(24)22-12-11-15-5-3-4-6-18(15)21/h3-10,14H,11-13H2,1-2H3,(H,22,24)(H,23,25). The predicted molar refractivity (Wildman–Crippen MR) is 98.6 cm³/mol. The van der Waals surface area contributed by atoms with Crippen molar-refractivity contribution in [2.45, 2.75) is 32.8 Å². The van der Waals surface area contributed by atoms with Crippen molar-refractivity contribution in [1.82, 2.24) is 5.32 Å². The molecule has 0 aliphatic carbocycles. The maximum atomic E-state index is 13.5. The first kappa shape index (κ1) is 19.4. The van der Waals surface area contributed by atoms with Crippen molar-refractivity contribution in [3.8, 4) is 5.75 Å². The predicted octanol–water partition coefficient (Wildman–Crippen LogP) is 3.30. The van der Waals surface area contributed by atoms with Crippen LogP contribution in [0.1, 0.15) is 25.8 Å². The summed E-state index contributed by atoms with van der Waals surface area (Å²) >= 11 is 0. The van der Waals surface area contributed by atoms with Crippen LogP contribution in [0, 0.1) is 5.82 Å². The number of nitrogens with one attached hydrogen (secondary N) is 2. The Balaban J connectivity index is 1.73. The highest BCUT2D eigenvalue weighted by Gasteiger charge is 2.10. The van der Waals surface area contributed by atoms with E-state index in [4.69, 9.17) is 4.74 Å². The normalized spacial score (nSPS) is 10.5. The van der Waals surface area contributed by atoms with Gasteiger partial charge in [0.05, 0.1) is 6.10 Å². The SMILES string of the molecule is CC(C)Oc1ccc(NC(=O)CC(=O)NCCc2ccccc2F)cc1. The van der Waals surface area contributed by atoms with E-state index in [-0.39, 0.29) is 24.9 Å². The molecule has 2 N–H and O–H groups in total. The first-order valence-corrected chi connectivity index (χ1v) is 8.50. The molecule has 2 aromatic rings. The topological polar surface area (TPSA) is 67.4 Å². The molecule has 5 nitrogen and oxygen atoms in total. The van der Waals surface area contributed by atoms with Crippen molar-refractivity contribution >= 4 is 17.5 Å². The minimum absolute atomic E-state index is 0.0727. The highest BCUT2D eigenvalue weighted by Crippen LogP contribution is 2.17. The van der Waals surface area contributed by atoms with Crippen molar-refractivity contribution in [2.75, 3.05) is 11.9 Å². The molecule has 138 valence electrons. The lowest BCUT2D eigenvalue weighted by atomic mass is 10.1. The van der Waals surface area contributed by atoms with E-state index in [1.165, 1.54) is 6.07 Å². The summed E-state index contributed by atoms with van der Waals surface area (Å²) in [7, 11) is 0. The average molecular weight is 358 g/mol. The zero-order valence-electron chi connectivity index (χ0n) is 14.9. The summed E-state index contributed by atoms with van der Waals surface area (Å²) in [5.41, 5.74) is 1.12. The molecule has 0 spiro atoms. The number of anilines is 1. The van der Waals surface area contributed by atoms with Gasteiger partial charge in [-0.2, -0.15) is 0 Å². The molecule has 0 heterocycles. The number of rotatable bonds is 8. The molecule has 2 aromatic carbocycles. The minimum atomic E-state index is -0.411. The fourth-order valence-electron chi connectivity index (χ4n) is 2.34. The smallest absolute Gasteiger partial charge is 0.233 e. The van der Waals surface area contributed by atoms with Gasteiger partial charge in [0, 0.05) is 12.2 Å². The lowest BCUT2D eigenvalue weighted by Gasteiger charge is -2.11. The van der Waals surface area contributed by atoms with Gasteiger partial charge in [-0.25, -0.2) is 4.39 Å². The van der Waals surface area contributed by atoms with E-state index in [1.807, 2.05) is 13.8 Å². The van der Waals surface area contributed by atoms with E-state index < -0.39 is 11.8 Å². The lowest BCUT2D eigenvalue weighted by Crippen LogP contribution is -2.29. The molecule has 0 saturated heterocycles. The number of carbonyl (C=O) groups excluding carboxylic acids is 2. The Morgan fingerprint density at radius 1 is 1.04 bits per heavy atom. The molecule has 2 amide bonds. The summed E-state index contributed by atoms with van der Waals surface area (Å²) in [6.45, 7) is 4.13. The van der Waals surface area contributed by atoms with Crippen LogP contribution in [0.4, 0.5) is 10.1 Å². The summed E-state index contributed by atoms with van der Waals surface area (Å²) < 4.78 is 19.0. The number of carbonyl (C=O) groups is 2. The lowest BCUT2D eigenvalue weighted by molar-refractivity contribution is -0.126. The molecule has 26 heavy (non-hydrogen) atoms. The zero-order chi connectivity index (χ0) is 18.9. The van der Waals surface area contributed by atoms with Gasteiger partial charge < -0.3 is 15.4 Å². The van der Waals surface area contributed by atoms with Gasteiger partial charge in [0.2, 0.25) is 11.8 Å². The van der Waals surface area contributed by atoms with Crippen molar-refractivity contribution in [1.29, 1.82) is 0 Å². The molecule has 0 aliphatic rings. The van der Waals surface area contributed by atoms with Gasteiger partial charge >= 0.3 is 0 Å². The van der Waals surface area contributed by atoms with E-state index in [0.29, 0.717) is 23.4 Å². The highest BCUT2D eigenvalue weighted by molar-refractivity contribution is 6.03. The number of ether oxygens (including phenoxy) is 1. The van der Waals surface area contributed by atoms with E-state index in [1.54, 1.807) is 42.5 Å². The molecule has 2 rings (SSSR count). The third-order valence-electron chi connectivity index (χ3n) is 3.51. The van der Waals surface area contributed by atoms with Crippen LogP contribution < -0.4 is 15.4 Å². The van der Waals surface area contributed by atoms with E-state index in [9.17, 15) is 14.0 Å². The molecule has 0 aliphatic heterocycles. The second kappa shape index (κ2) is 9.56. The number of amides is 2. The van der Waals surface area contributed by atoms with Crippen LogP contribution in [0.25, 0.3) is 0 Å². The Labute approximate surface area is 152 Å². The molecule has 0 bridgehead atoms. The number of hydrogen-bond acceptors (Lipinski definition) is 3. The zero-order valence-corrected chi connectivity index (χ0v) is 14.9. The van der Waals surface area contributed by atoms with Crippen LogP contribution in [0.15, 0.2) is 48.5 Å². The number of halogens is 1. The minimum Gasteiger partial charge on any atom is -0.491 e. The Morgan fingerprint density at radius 2 is 1.73 bits per heavy atom. The van der Waals surface area contributed by atoms with Crippen molar-refractivity contribution in [3.05, 3.63) is 59.9 Å². The van der Waals surface area contributed by atoms with Crippen LogP contribution >= 0.6 is 0 Å². The largest absolute Gasteiger partial charge is 0.491 e. The van der Waals surface area contributed by atoms with Crippen molar-refractivity contribution in [3.63, 3.8) is 0 Å². The van der Waals surface area contributed by atoms with E-state index in [2.05, 4.69) is 10.6 Å². The van der Waals surface area contributed by atoms with Crippen LogP contribution in [0.5, 0.6) is 5.75 Å². The van der Waals surface area contributed by atoms with Gasteiger partial charge in [-0.15, -0.1) is 0 Å². The maximum absolute atomic E-state index is 13.5. The third kappa shape index (κ3) is 6.55. The highest BCUT2D eigenvalue weighted by atomic mass is 19.1. The molecule has 6 heteroatoms. The Kier molecular flexibility index (Phi) is 7.14. The Morgan fingerprint density at radius 3 is 2.38 bits per heavy atom. The van der Waals surface area contributed by atoms with E-state index in [0.717, 1.165) is 0 Å². The number of hydrogen-bond donors (Lipinski definition) is 2. The second-order valence-electron chi connectivity index (χ2n) is 6.11. The quantitative estimate of drug-likeness (QED) is 0.712. The Hall–Kier alpha value is -2.89. The molecule has 0 atom stereocenters. The van der Waals surface area contributed by atoms with Gasteiger partial charge in [-0.3, -0.25) is 9.59 Å². The summed E-state index contributed by atoms with van der Waals surface area (Å²) in [5, 5.41) is 5.27. The van der Waals surface area contributed by atoms with Crippen molar-refractivity contribution in [2.24, 2.45) is 0 Å². The fourth-order valence-corrected chi connectivity index (χ4v) is 2.34. The summed E-state index contributed by atoms with van der Waals surface area (Å²) in [6, 6.07) is 13.3. The summed E-state index contributed by atoms with van der Waals surface area (Å²) in [5.74, 6) is -0.405. The van der Waals surface area contributed by atoms with Gasteiger partial charge in [0.25, 0.3) is 0 Å². The van der Waals surface area contributed by atoms with Crippen LogP contribution in [0.3, 0.4) is 0 Å².